The van der Waals surface area contributed by atoms with Crippen LogP contribution in [-0.4, -0.2) is 30.6 Å². The second-order valence-corrected chi connectivity index (χ2v) is 10.6. The number of para-hydroxylation sites is 1. The minimum Gasteiger partial charge on any atom is -0.300 e. The van der Waals surface area contributed by atoms with Crippen LogP contribution in [0.2, 0.25) is 5.02 Å². The van der Waals surface area contributed by atoms with E-state index in [1.807, 2.05) is 36.4 Å². The zero-order valence-electron chi connectivity index (χ0n) is 21.6. The van der Waals surface area contributed by atoms with Crippen molar-refractivity contribution in [2.45, 2.75) is 6.42 Å². The van der Waals surface area contributed by atoms with E-state index in [0.29, 0.717) is 48.7 Å². The molecule has 4 aromatic carbocycles. The maximum absolute atomic E-state index is 13.7. The van der Waals surface area contributed by atoms with Crippen molar-refractivity contribution in [3.05, 3.63) is 128 Å². The van der Waals surface area contributed by atoms with Gasteiger partial charge in [0.1, 0.15) is 10.8 Å². The standard InChI is InChI=1S/C30H19ClN6O4S/c31-24-7-3-1-5-22(24)27-32-25-8-4-2-6-23(25)29(39)36(27)20-15-11-19(12-16-20)28-34-35-30(42-28)33-26(38)17-18-9-13-21(14-10-18)37(40)41/h1-16H,17H2,(H,33,35,38). The van der Waals surface area contributed by atoms with Gasteiger partial charge in [-0.3, -0.25) is 24.3 Å². The number of hydrogen-bond donors (Lipinski definition) is 1. The van der Waals surface area contributed by atoms with Gasteiger partial charge in [0.25, 0.3) is 11.2 Å². The minimum absolute atomic E-state index is 0.0317. The number of anilines is 1. The number of halogens is 1. The molecule has 0 aliphatic rings. The van der Waals surface area contributed by atoms with Crippen LogP contribution in [0.5, 0.6) is 0 Å². The number of nitrogens with one attached hydrogen (secondary N) is 1. The van der Waals surface area contributed by atoms with Crippen LogP contribution in [0.4, 0.5) is 10.8 Å². The monoisotopic (exact) mass is 594 g/mol. The number of amides is 1. The molecule has 6 rings (SSSR count). The Hall–Kier alpha value is -5.26. The predicted octanol–water partition coefficient (Wildman–Crippen LogP) is 6.31. The molecule has 12 heteroatoms. The Bertz CT molecular complexity index is 2020. The Kier molecular flexibility index (Phi) is 7.26. The summed E-state index contributed by atoms with van der Waals surface area (Å²) in [6.07, 6.45) is 0.0317. The maximum atomic E-state index is 13.7. The van der Waals surface area contributed by atoms with Crippen LogP contribution in [0.15, 0.2) is 102 Å². The fourth-order valence-electron chi connectivity index (χ4n) is 4.42. The number of carbonyl (C=O) groups excluding carboxylic acids is 1. The van der Waals surface area contributed by atoms with Crippen molar-refractivity contribution < 1.29 is 9.72 Å². The molecule has 0 atom stereocenters. The molecule has 1 amide bonds. The summed E-state index contributed by atoms with van der Waals surface area (Å²) in [6, 6.07) is 27.4. The van der Waals surface area contributed by atoms with E-state index in [2.05, 4.69) is 15.5 Å². The molecule has 0 spiro atoms. The summed E-state index contributed by atoms with van der Waals surface area (Å²) < 4.78 is 1.54. The second kappa shape index (κ2) is 11.3. The topological polar surface area (TPSA) is 133 Å². The van der Waals surface area contributed by atoms with Crippen molar-refractivity contribution in [1.82, 2.24) is 19.7 Å². The van der Waals surface area contributed by atoms with Gasteiger partial charge in [0.15, 0.2) is 0 Å². The lowest BCUT2D eigenvalue weighted by molar-refractivity contribution is -0.384. The molecule has 42 heavy (non-hydrogen) atoms. The summed E-state index contributed by atoms with van der Waals surface area (Å²) in [5.74, 6) is 0.100. The lowest BCUT2D eigenvalue weighted by Gasteiger charge is -2.15. The highest BCUT2D eigenvalue weighted by molar-refractivity contribution is 7.18. The first-order chi connectivity index (χ1) is 20.4. The molecule has 206 valence electrons. The number of hydrogen-bond acceptors (Lipinski definition) is 8. The normalized spacial score (nSPS) is 11.0. The van der Waals surface area contributed by atoms with Gasteiger partial charge < -0.3 is 5.32 Å². The first-order valence-corrected chi connectivity index (χ1v) is 13.8. The number of rotatable bonds is 7. The van der Waals surface area contributed by atoms with E-state index in [1.165, 1.54) is 28.0 Å². The highest BCUT2D eigenvalue weighted by atomic mass is 35.5. The van der Waals surface area contributed by atoms with Crippen LogP contribution >= 0.6 is 22.9 Å². The summed E-state index contributed by atoms with van der Waals surface area (Å²) in [4.78, 5) is 41.3. The number of nitrogens with zero attached hydrogens (tertiary/aromatic N) is 5. The summed E-state index contributed by atoms with van der Waals surface area (Å²) in [6.45, 7) is 0. The Morgan fingerprint density at radius 1 is 0.929 bits per heavy atom. The Balaban J connectivity index is 1.26. The quantitative estimate of drug-likeness (QED) is 0.169. The summed E-state index contributed by atoms with van der Waals surface area (Å²) >= 11 is 7.70. The summed E-state index contributed by atoms with van der Waals surface area (Å²) in [7, 11) is 0. The van der Waals surface area contributed by atoms with Gasteiger partial charge >= 0.3 is 0 Å². The van der Waals surface area contributed by atoms with Gasteiger partial charge in [0, 0.05) is 23.3 Å². The number of carbonyl (C=O) groups is 1. The number of fused-ring (bicyclic) bond motifs is 1. The maximum Gasteiger partial charge on any atom is 0.269 e. The van der Waals surface area contributed by atoms with Crippen molar-refractivity contribution >= 4 is 50.6 Å². The van der Waals surface area contributed by atoms with Crippen LogP contribution in [0.1, 0.15) is 5.56 Å². The van der Waals surface area contributed by atoms with E-state index >= 15 is 0 Å². The number of aromatic nitrogens is 4. The largest absolute Gasteiger partial charge is 0.300 e. The van der Waals surface area contributed by atoms with Crippen LogP contribution < -0.4 is 10.9 Å². The van der Waals surface area contributed by atoms with Gasteiger partial charge in [0.05, 0.1) is 33.0 Å². The fourth-order valence-corrected chi connectivity index (χ4v) is 5.41. The average molecular weight is 595 g/mol. The highest BCUT2D eigenvalue weighted by Crippen LogP contribution is 2.30. The lowest BCUT2D eigenvalue weighted by atomic mass is 10.1. The predicted molar refractivity (Wildman–Crippen MR) is 162 cm³/mol. The number of nitro benzene ring substituents is 1. The smallest absolute Gasteiger partial charge is 0.269 e. The molecule has 0 bridgehead atoms. The van der Waals surface area contributed by atoms with Gasteiger partial charge in [-0.25, -0.2) is 4.98 Å². The van der Waals surface area contributed by atoms with Crippen molar-refractivity contribution in [3.8, 4) is 27.6 Å². The first-order valence-electron chi connectivity index (χ1n) is 12.6. The third kappa shape index (κ3) is 5.38. The molecule has 2 heterocycles. The van der Waals surface area contributed by atoms with E-state index in [4.69, 9.17) is 16.6 Å². The molecule has 2 aromatic heterocycles. The second-order valence-electron chi connectivity index (χ2n) is 9.18. The minimum atomic E-state index is -0.492. The molecule has 0 fully saturated rings. The van der Waals surface area contributed by atoms with Crippen LogP contribution in [0.25, 0.3) is 38.5 Å². The molecule has 0 aliphatic heterocycles. The Morgan fingerprint density at radius 2 is 1.64 bits per heavy atom. The van der Waals surface area contributed by atoms with E-state index in [0.717, 1.165) is 5.56 Å². The lowest BCUT2D eigenvalue weighted by Crippen LogP contribution is -2.22. The van der Waals surface area contributed by atoms with Crippen LogP contribution in [0, 0.1) is 10.1 Å². The molecule has 0 saturated heterocycles. The number of benzene rings is 4. The molecule has 0 unspecified atom stereocenters. The molecule has 6 aromatic rings. The van der Waals surface area contributed by atoms with E-state index < -0.39 is 4.92 Å². The van der Waals surface area contributed by atoms with Crippen molar-refractivity contribution in [2.24, 2.45) is 0 Å². The highest BCUT2D eigenvalue weighted by Gasteiger charge is 2.17. The van der Waals surface area contributed by atoms with E-state index in [-0.39, 0.29) is 23.6 Å². The third-order valence-electron chi connectivity index (χ3n) is 6.45. The number of nitro groups is 1. The van der Waals surface area contributed by atoms with Crippen molar-refractivity contribution in [2.75, 3.05) is 5.32 Å². The molecule has 0 aliphatic carbocycles. The molecule has 0 radical (unpaired) electrons. The molecule has 10 nitrogen and oxygen atoms in total. The Morgan fingerprint density at radius 3 is 2.38 bits per heavy atom. The third-order valence-corrected chi connectivity index (χ3v) is 7.66. The fraction of sp³-hybridized carbons (Fsp3) is 0.0333. The van der Waals surface area contributed by atoms with Gasteiger partial charge in [0.2, 0.25) is 11.0 Å². The van der Waals surface area contributed by atoms with Crippen molar-refractivity contribution in [1.29, 1.82) is 0 Å². The average Bonchev–Trinajstić information content (AvgIpc) is 3.46. The summed E-state index contributed by atoms with van der Waals surface area (Å²) in [5.41, 5.74) is 2.91. The zero-order chi connectivity index (χ0) is 29.2. The van der Waals surface area contributed by atoms with Gasteiger partial charge in [-0.1, -0.05) is 59.3 Å². The number of non-ortho nitro benzene ring substituents is 1. The van der Waals surface area contributed by atoms with E-state index in [1.54, 1.807) is 48.5 Å². The molecule has 1 N–H and O–H groups in total. The summed E-state index contributed by atoms with van der Waals surface area (Å²) in [5, 5.41) is 23.7. The van der Waals surface area contributed by atoms with Gasteiger partial charge in [-0.15, -0.1) is 10.2 Å². The SMILES string of the molecule is O=C(Cc1ccc([N+](=O)[O-])cc1)Nc1nnc(-c2ccc(-n3c(-c4ccccc4Cl)nc4ccccc4c3=O)cc2)s1. The van der Waals surface area contributed by atoms with Crippen LogP contribution in [-0.2, 0) is 11.2 Å². The molecular weight excluding hydrogens is 576 g/mol. The van der Waals surface area contributed by atoms with Gasteiger partial charge in [-0.05, 0) is 54.1 Å². The molecule has 0 saturated carbocycles. The zero-order valence-corrected chi connectivity index (χ0v) is 23.2. The Labute approximate surface area is 247 Å². The molecular formula is C30H19ClN6O4S. The first kappa shape index (κ1) is 26.9. The van der Waals surface area contributed by atoms with Gasteiger partial charge in [-0.2, -0.15) is 0 Å². The van der Waals surface area contributed by atoms with E-state index in [9.17, 15) is 19.7 Å². The van der Waals surface area contributed by atoms with Crippen molar-refractivity contribution in [3.63, 3.8) is 0 Å². The van der Waals surface area contributed by atoms with Crippen LogP contribution in [0.3, 0.4) is 0 Å².